The minimum atomic E-state index is -2.97. The number of carbonyl (C=O) groups excluding carboxylic acids is 2. The van der Waals surface area contributed by atoms with Gasteiger partial charge in [-0.15, -0.1) is 0 Å². The van der Waals surface area contributed by atoms with Gasteiger partial charge < -0.3 is 15.8 Å². The average molecular weight is 425 g/mol. The highest BCUT2D eigenvalue weighted by atomic mass is 79.9. The molecule has 0 saturated carbocycles. The molecule has 136 valence electrons. The lowest BCUT2D eigenvalue weighted by Gasteiger charge is -2.09. The predicted molar refractivity (Wildman–Crippen MR) is 98.1 cm³/mol. The number of aryl methyl sites for hydroxylation is 1. The number of nitrogens with one attached hydrogen (secondary N) is 1. The lowest BCUT2D eigenvalue weighted by Crippen LogP contribution is -2.13. The quantitative estimate of drug-likeness (QED) is 0.684. The van der Waals surface area contributed by atoms with Crippen LogP contribution in [-0.2, 0) is 4.79 Å². The first kappa shape index (κ1) is 19.6. The topological polar surface area (TPSA) is 81.4 Å². The van der Waals surface area contributed by atoms with Crippen LogP contribution < -0.4 is 15.8 Å². The van der Waals surface area contributed by atoms with Crippen molar-refractivity contribution in [3.63, 3.8) is 0 Å². The fourth-order valence-corrected chi connectivity index (χ4v) is 2.60. The van der Waals surface area contributed by atoms with Gasteiger partial charge in [-0.3, -0.25) is 9.59 Å². The Balaban J connectivity index is 2.14. The maximum Gasteiger partial charge on any atom is 0.387 e. The highest BCUT2D eigenvalue weighted by Crippen LogP contribution is 2.26. The maximum atomic E-state index is 12.4. The Hall–Kier alpha value is -2.74. The predicted octanol–water partition coefficient (Wildman–Crippen LogP) is 4.11. The number of nitrogens with two attached hydrogens (primary N) is 1. The van der Waals surface area contributed by atoms with Crippen LogP contribution in [0.2, 0.25) is 0 Å². The molecule has 0 aliphatic carbocycles. The Labute approximate surface area is 157 Å². The molecular formula is C18H15BrF2N2O3. The second-order valence-corrected chi connectivity index (χ2v) is 6.19. The fraction of sp³-hybridized carbons (Fsp3) is 0.111. The standard InChI is InChI=1S/C18H15BrF2N2O3/c1-10-8-13(4-5-14(10)17(22)25)23-16(24)7-2-11-9-12(19)3-6-15(11)26-18(20)21/h2-9,18H,1H3,(H2,22,25)(H,23,24)/b7-2+. The molecule has 0 saturated heterocycles. The van der Waals surface area contributed by atoms with Crippen LogP contribution in [0.3, 0.4) is 0 Å². The van der Waals surface area contributed by atoms with Crippen LogP contribution in [0, 0.1) is 6.92 Å². The van der Waals surface area contributed by atoms with Crippen molar-refractivity contribution < 1.29 is 23.1 Å². The summed E-state index contributed by atoms with van der Waals surface area (Å²) in [5, 5.41) is 2.62. The molecule has 3 N–H and O–H groups in total. The first-order valence-corrected chi connectivity index (χ1v) is 8.19. The molecule has 0 aliphatic rings. The Kier molecular flexibility index (Phi) is 6.46. The first-order valence-electron chi connectivity index (χ1n) is 7.40. The van der Waals surface area contributed by atoms with Gasteiger partial charge in [0.15, 0.2) is 0 Å². The summed E-state index contributed by atoms with van der Waals surface area (Å²) in [5.74, 6) is -1.07. The summed E-state index contributed by atoms with van der Waals surface area (Å²) in [6.07, 6.45) is 2.56. The fourth-order valence-electron chi connectivity index (χ4n) is 2.22. The molecule has 26 heavy (non-hydrogen) atoms. The largest absolute Gasteiger partial charge is 0.434 e. The van der Waals surface area contributed by atoms with Crippen LogP contribution in [-0.4, -0.2) is 18.4 Å². The van der Waals surface area contributed by atoms with Gasteiger partial charge >= 0.3 is 6.61 Å². The number of rotatable bonds is 6. The van der Waals surface area contributed by atoms with Crippen molar-refractivity contribution in [1.82, 2.24) is 0 Å². The lowest BCUT2D eigenvalue weighted by atomic mass is 10.1. The number of hydrogen-bond acceptors (Lipinski definition) is 3. The second-order valence-electron chi connectivity index (χ2n) is 5.28. The van der Waals surface area contributed by atoms with Crippen LogP contribution in [0.4, 0.5) is 14.5 Å². The molecule has 0 aliphatic heterocycles. The summed E-state index contributed by atoms with van der Waals surface area (Å²) >= 11 is 3.23. The molecule has 5 nitrogen and oxygen atoms in total. The zero-order valence-electron chi connectivity index (χ0n) is 13.6. The van der Waals surface area contributed by atoms with E-state index in [1.54, 1.807) is 31.2 Å². The molecule has 0 bridgehead atoms. The van der Waals surface area contributed by atoms with Crippen LogP contribution in [0.5, 0.6) is 5.75 Å². The SMILES string of the molecule is Cc1cc(NC(=O)/C=C/c2cc(Br)ccc2OC(F)F)ccc1C(N)=O. The summed E-state index contributed by atoms with van der Waals surface area (Å²) in [7, 11) is 0. The van der Waals surface area contributed by atoms with E-state index in [9.17, 15) is 18.4 Å². The molecule has 2 aromatic rings. The molecule has 0 aromatic heterocycles. The molecule has 2 amide bonds. The van der Waals surface area contributed by atoms with Crippen LogP contribution in [0.25, 0.3) is 6.08 Å². The Bertz CT molecular complexity index is 870. The molecule has 2 aromatic carbocycles. The van der Waals surface area contributed by atoms with Crippen molar-refractivity contribution in [3.8, 4) is 5.75 Å². The highest BCUT2D eigenvalue weighted by molar-refractivity contribution is 9.10. The summed E-state index contributed by atoms with van der Waals surface area (Å²) in [6.45, 7) is -1.27. The zero-order valence-corrected chi connectivity index (χ0v) is 15.2. The van der Waals surface area contributed by atoms with E-state index in [1.807, 2.05) is 0 Å². The van der Waals surface area contributed by atoms with E-state index in [0.29, 0.717) is 26.9 Å². The van der Waals surface area contributed by atoms with Gasteiger partial charge in [-0.05, 0) is 55.0 Å². The molecule has 8 heteroatoms. The second kappa shape index (κ2) is 8.57. The number of primary amides is 1. The van der Waals surface area contributed by atoms with Crippen LogP contribution in [0.15, 0.2) is 46.9 Å². The number of halogens is 3. The van der Waals surface area contributed by atoms with Gasteiger partial charge in [-0.2, -0.15) is 8.78 Å². The van der Waals surface area contributed by atoms with Gasteiger partial charge in [0.05, 0.1) is 0 Å². The molecule has 0 spiro atoms. The number of benzene rings is 2. The van der Waals surface area contributed by atoms with E-state index in [0.717, 1.165) is 0 Å². The van der Waals surface area contributed by atoms with Gasteiger partial charge in [0, 0.05) is 27.4 Å². The summed E-state index contributed by atoms with van der Waals surface area (Å²) in [5.41, 5.74) is 7.01. The highest BCUT2D eigenvalue weighted by Gasteiger charge is 2.09. The van der Waals surface area contributed by atoms with Crippen molar-refractivity contribution >= 4 is 39.5 Å². The minimum absolute atomic E-state index is 0.0473. The number of carbonyl (C=O) groups is 2. The van der Waals surface area contributed by atoms with E-state index in [4.69, 9.17) is 5.73 Å². The first-order chi connectivity index (χ1) is 12.3. The third kappa shape index (κ3) is 5.38. The number of amides is 2. The Morgan fingerprint density at radius 3 is 2.58 bits per heavy atom. The summed E-state index contributed by atoms with van der Waals surface area (Å²) < 4.78 is 30.0. The van der Waals surface area contributed by atoms with Crippen molar-refractivity contribution in [2.45, 2.75) is 13.5 Å². The number of ether oxygens (including phenoxy) is 1. The molecule has 0 unspecified atom stereocenters. The van der Waals surface area contributed by atoms with Crippen molar-refractivity contribution in [2.24, 2.45) is 5.73 Å². The van der Waals surface area contributed by atoms with E-state index >= 15 is 0 Å². The monoisotopic (exact) mass is 424 g/mol. The minimum Gasteiger partial charge on any atom is -0.434 e. The van der Waals surface area contributed by atoms with Gasteiger partial charge in [0.2, 0.25) is 11.8 Å². The van der Waals surface area contributed by atoms with Crippen LogP contribution >= 0.6 is 15.9 Å². The average Bonchev–Trinajstić information content (AvgIpc) is 2.54. The molecule has 0 heterocycles. The molecule has 2 rings (SSSR count). The summed E-state index contributed by atoms with van der Waals surface area (Å²) in [4.78, 5) is 23.2. The molecular weight excluding hydrogens is 410 g/mol. The van der Waals surface area contributed by atoms with Crippen molar-refractivity contribution in [2.75, 3.05) is 5.32 Å². The van der Waals surface area contributed by atoms with Crippen molar-refractivity contribution in [3.05, 3.63) is 63.6 Å². The van der Waals surface area contributed by atoms with Gasteiger partial charge in [0.25, 0.3) is 0 Å². The third-order valence-corrected chi connectivity index (χ3v) is 3.85. The zero-order chi connectivity index (χ0) is 19.3. The summed E-state index contributed by atoms with van der Waals surface area (Å²) in [6, 6.07) is 9.14. The Morgan fingerprint density at radius 1 is 1.23 bits per heavy atom. The molecule has 0 fully saturated rings. The maximum absolute atomic E-state index is 12.4. The Morgan fingerprint density at radius 2 is 1.96 bits per heavy atom. The number of alkyl halides is 2. The molecule has 0 atom stereocenters. The molecule has 0 radical (unpaired) electrons. The van der Waals surface area contributed by atoms with Crippen molar-refractivity contribution in [1.29, 1.82) is 0 Å². The van der Waals surface area contributed by atoms with Gasteiger partial charge in [-0.1, -0.05) is 15.9 Å². The lowest BCUT2D eigenvalue weighted by molar-refractivity contribution is -0.111. The van der Waals surface area contributed by atoms with E-state index in [2.05, 4.69) is 26.0 Å². The smallest absolute Gasteiger partial charge is 0.387 e. The number of hydrogen-bond donors (Lipinski definition) is 2. The van der Waals surface area contributed by atoms with Gasteiger partial charge in [-0.25, -0.2) is 0 Å². The normalized spacial score (nSPS) is 11.0. The van der Waals surface area contributed by atoms with Gasteiger partial charge in [0.1, 0.15) is 5.75 Å². The van der Waals surface area contributed by atoms with E-state index in [1.165, 1.54) is 24.3 Å². The van der Waals surface area contributed by atoms with E-state index < -0.39 is 18.4 Å². The van der Waals surface area contributed by atoms with Crippen LogP contribution in [0.1, 0.15) is 21.5 Å². The number of anilines is 1. The third-order valence-electron chi connectivity index (χ3n) is 3.36. The van der Waals surface area contributed by atoms with E-state index in [-0.39, 0.29) is 5.75 Å².